The highest BCUT2D eigenvalue weighted by atomic mass is 32.2. The Kier molecular flexibility index (Phi) is 3.40. The quantitative estimate of drug-likeness (QED) is 0.298. The fourth-order valence-electron chi connectivity index (χ4n) is 3.91. The fourth-order valence-corrected chi connectivity index (χ4v) is 4.96. The van der Waals surface area contributed by atoms with Crippen molar-refractivity contribution in [3.8, 4) is 0 Å². The molecule has 0 amide bonds. The molecule has 0 saturated carbocycles. The normalized spacial score (nSPS) is 12.8. The molecule has 1 aliphatic heterocycles. The van der Waals surface area contributed by atoms with Crippen LogP contribution in [0.5, 0.6) is 0 Å². The summed E-state index contributed by atoms with van der Waals surface area (Å²) in [6.45, 7) is 0. The average molecular weight is 377 g/mol. The Morgan fingerprint density at radius 3 is 2.00 bits per heavy atom. The van der Waals surface area contributed by atoms with Crippen molar-refractivity contribution in [1.82, 2.24) is 9.97 Å². The first kappa shape index (κ1) is 15.7. The molecule has 5 aromatic rings. The summed E-state index contributed by atoms with van der Waals surface area (Å²) >= 11 is 1.82. The van der Waals surface area contributed by atoms with Crippen LogP contribution in [0.3, 0.4) is 0 Å². The zero-order chi connectivity index (χ0) is 18.5. The zero-order valence-corrected chi connectivity index (χ0v) is 15.7. The van der Waals surface area contributed by atoms with Crippen molar-refractivity contribution in [2.24, 2.45) is 0 Å². The van der Waals surface area contributed by atoms with Gasteiger partial charge < -0.3 is 4.90 Å². The lowest BCUT2D eigenvalue weighted by atomic mass is 10.1. The van der Waals surface area contributed by atoms with Crippen molar-refractivity contribution in [2.45, 2.75) is 9.79 Å². The lowest BCUT2D eigenvalue weighted by Crippen LogP contribution is -2.15. The summed E-state index contributed by atoms with van der Waals surface area (Å²) in [5.41, 5.74) is 5.39. The molecule has 0 fully saturated rings. The van der Waals surface area contributed by atoms with Crippen LogP contribution in [0.15, 0.2) is 101 Å². The number of aromatic nitrogens is 2. The van der Waals surface area contributed by atoms with Gasteiger partial charge in [0.2, 0.25) is 0 Å². The van der Waals surface area contributed by atoms with Gasteiger partial charge in [-0.05, 0) is 48.5 Å². The molecule has 0 atom stereocenters. The molecular formula is C24H15N3S. The van der Waals surface area contributed by atoms with Crippen LogP contribution in [0.4, 0.5) is 17.1 Å². The maximum atomic E-state index is 4.68. The highest BCUT2D eigenvalue weighted by Gasteiger charge is 2.26. The van der Waals surface area contributed by atoms with Crippen molar-refractivity contribution in [1.29, 1.82) is 0 Å². The molecule has 3 aromatic carbocycles. The molecule has 0 radical (unpaired) electrons. The molecule has 3 nitrogen and oxygen atoms in total. The first-order valence-corrected chi connectivity index (χ1v) is 10.0. The number of pyridine rings is 2. The zero-order valence-electron chi connectivity index (χ0n) is 14.9. The molecular weight excluding hydrogens is 362 g/mol. The Morgan fingerprint density at radius 2 is 1.25 bits per heavy atom. The van der Waals surface area contributed by atoms with E-state index in [1.165, 1.54) is 21.2 Å². The number of hydrogen-bond donors (Lipinski definition) is 0. The standard InChI is InChI=1S/C24H15N3S/c1-3-11-21-18(9-1)27(19-10-2-4-12-22(19)28-21)20-15-16-7-5-13-25-23(16)24-17(20)8-6-14-26-24/h1-15H. The number of benzene rings is 3. The van der Waals surface area contributed by atoms with Gasteiger partial charge in [0.05, 0.1) is 28.1 Å². The molecule has 0 saturated heterocycles. The highest BCUT2D eigenvalue weighted by Crippen LogP contribution is 2.52. The minimum Gasteiger partial charge on any atom is -0.308 e. The Balaban J connectivity index is 1.75. The van der Waals surface area contributed by atoms with Crippen molar-refractivity contribution in [3.63, 3.8) is 0 Å². The molecule has 1 aliphatic rings. The summed E-state index contributed by atoms with van der Waals surface area (Å²) in [6, 6.07) is 27.6. The van der Waals surface area contributed by atoms with Crippen LogP contribution in [0, 0.1) is 0 Å². The highest BCUT2D eigenvalue weighted by molar-refractivity contribution is 7.99. The van der Waals surface area contributed by atoms with E-state index in [2.05, 4.69) is 81.6 Å². The van der Waals surface area contributed by atoms with E-state index in [1.807, 2.05) is 36.3 Å². The number of nitrogens with zero attached hydrogens (tertiary/aromatic N) is 3. The third kappa shape index (κ3) is 2.25. The third-order valence-corrected chi connectivity index (χ3v) is 6.24. The maximum absolute atomic E-state index is 4.68. The second-order valence-corrected chi connectivity index (χ2v) is 7.83. The summed E-state index contributed by atoms with van der Waals surface area (Å²) in [5.74, 6) is 0. The predicted molar refractivity (Wildman–Crippen MR) is 116 cm³/mol. The van der Waals surface area contributed by atoms with Gasteiger partial charge in [0.1, 0.15) is 0 Å². The molecule has 132 valence electrons. The van der Waals surface area contributed by atoms with Gasteiger partial charge in [0, 0.05) is 33.0 Å². The van der Waals surface area contributed by atoms with Crippen molar-refractivity contribution < 1.29 is 0 Å². The first-order chi connectivity index (χ1) is 13.9. The first-order valence-electron chi connectivity index (χ1n) is 9.19. The van der Waals surface area contributed by atoms with Crippen molar-refractivity contribution >= 4 is 50.6 Å². The van der Waals surface area contributed by atoms with E-state index in [0.717, 1.165) is 27.5 Å². The molecule has 28 heavy (non-hydrogen) atoms. The largest absolute Gasteiger partial charge is 0.308 e. The Morgan fingerprint density at radius 1 is 0.607 bits per heavy atom. The van der Waals surface area contributed by atoms with Gasteiger partial charge in [0.25, 0.3) is 0 Å². The Labute approximate surface area is 166 Å². The van der Waals surface area contributed by atoms with Gasteiger partial charge in [-0.1, -0.05) is 42.1 Å². The topological polar surface area (TPSA) is 29.0 Å². The minimum absolute atomic E-state index is 0.934. The monoisotopic (exact) mass is 377 g/mol. The second kappa shape index (κ2) is 6.08. The number of rotatable bonds is 1. The average Bonchev–Trinajstić information content (AvgIpc) is 2.77. The lowest BCUT2D eigenvalue weighted by molar-refractivity contribution is 1.17. The van der Waals surface area contributed by atoms with Crippen LogP contribution in [-0.4, -0.2) is 9.97 Å². The van der Waals surface area contributed by atoms with E-state index in [1.54, 1.807) is 0 Å². The van der Waals surface area contributed by atoms with Gasteiger partial charge in [-0.15, -0.1) is 0 Å². The Hall–Kier alpha value is -3.37. The van der Waals surface area contributed by atoms with Crippen LogP contribution < -0.4 is 4.90 Å². The van der Waals surface area contributed by atoms with E-state index >= 15 is 0 Å². The molecule has 0 N–H and O–H groups in total. The van der Waals surface area contributed by atoms with Crippen LogP contribution in [-0.2, 0) is 0 Å². The third-order valence-electron chi connectivity index (χ3n) is 5.11. The number of fused-ring (bicyclic) bond motifs is 5. The SMILES string of the molecule is c1ccc2c(c1)Sc1ccccc1N2c1cc2cccnc2c2ncccc12. The van der Waals surface area contributed by atoms with Gasteiger partial charge >= 0.3 is 0 Å². The van der Waals surface area contributed by atoms with Crippen molar-refractivity contribution in [2.75, 3.05) is 4.90 Å². The number of para-hydroxylation sites is 2. The molecule has 2 aromatic heterocycles. The van der Waals surface area contributed by atoms with Gasteiger partial charge in [-0.25, -0.2) is 0 Å². The van der Waals surface area contributed by atoms with Crippen LogP contribution in [0.2, 0.25) is 0 Å². The van der Waals surface area contributed by atoms with E-state index in [4.69, 9.17) is 0 Å². The summed E-state index contributed by atoms with van der Waals surface area (Å²) in [6.07, 6.45) is 3.67. The summed E-state index contributed by atoms with van der Waals surface area (Å²) < 4.78 is 0. The fraction of sp³-hybridized carbons (Fsp3) is 0. The molecule has 0 bridgehead atoms. The van der Waals surface area contributed by atoms with Crippen LogP contribution in [0.25, 0.3) is 21.8 Å². The van der Waals surface area contributed by atoms with Gasteiger partial charge in [-0.3, -0.25) is 9.97 Å². The van der Waals surface area contributed by atoms with Crippen LogP contribution >= 0.6 is 11.8 Å². The predicted octanol–water partition coefficient (Wildman–Crippen LogP) is 6.72. The van der Waals surface area contributed by atoms with Crippen molar-refractivity contribution in [3.05, 3.63) is 91.3 Å². The summed E-state index contributed by atoms with van der Waals surface area (Å²) in [4.78, 5) is 14.1. The van der Waals surface area contributed by atoms with E-state index in [9.17, 15) is 0 Å². The molecule has 3 heterocycles. The number of anilines is 3. The summed E-state index contributed by atoms with van der Waals surface area (Å²) in [7, 11) is 0. The molecule has 0 spiro atoms. The molecule has 0 unspecified atom stereocenters. The lowest BCUT2D eigenvalue weighted by Gasteiger charge is -2.33. The second-order valence-electron chi connectivity index (χ2n) is 6.74. The van der Waals surface area contributed by atoms with Crippen LogP contribution in [0.1, 0.15) is 0 Å². The number of hydrogen-bond acceptors (Lipinski definition) is 4. The smallest absolute Gasteiger partial charge is 0.0985 e. The molecule has 4 heteroatoms. The van der Waals surface area contributed by atoms with Gasteiger partial charge in [-0.2, -0.15) is 0 Å². The maximum Gasteiger partial charge on any atom is 0.0985 e. The summed E-state index contributed by atoms with van der Waals surface area (Å²) in [5, 5.41) is 2.20. The van der Waals surface area contributed by atoms with Gasteiger partial charge in [0.15, 0.2) is 0 Å². The molecule has 6 rings (SSSR count). The minimum atomic E-state index is 0.934. The van der Waals surface area contributed by atoms with E-state index in [-0.39, 0.29) is 0 Å². The molecule has 0 aliphatic carbocycles. The van der Waals surface area contributed by atoms with E-state index in [0.29, 0.717) is 0 Å². The Bertz CT molecular complexity index is 1320. The van der Waals surface area contributed by atoms with E-state index < -0.39 is 0 Å².